The van der Waals surface area contributed by atoms with Crippen molar-refractivity contribution in [2.75, 3.05) is 14.2 Å². The van der Waals surface area contributed by atoms with E-state index in [1.165, 1.54) is 19.2 Å². The molecule has 0 unspecified atom stereocenters. The van der Waals surface area contributed by atoms with E-state index in [-0.39, 0.29) is 47.8 Å². The second-order valence-electron chi connectivity index (χ2n) is 5.23. The number of nitrogens with one attached hydrogen (secondary N) is 2. The van der Waals surface area contributed by atoms with Gasteiger partial charge in [-0.3, -0.25) is 4.99 Å². The van der Waals surface area contributed by atoms with Crippen LogP contribution >= 0.6 is 24.0 Å². The molecular weight excluding hydrogens is 474 g/mol. The number of hydrogen-bond acceptors (Lipinski definition) is 3. The van der Waals surface area contributed by atoms with Crippen LogP contribution in [0, 0.1) is 5.82 Å². The Morgan fingerprint density at radius 2 is 1.78 bits per heavy atom. The molecule has 0 radical (unpaired) electrons. The first kappa shape index (κ1) is 22.9. The van der Waals surface area contributed by atoms with Crippen molar-refractivity contribution < 1.29 is 22.6 Å². The van der Waals surface area contributed by atoms with Crippen LogP contribution in [0.15, 0.2) is 47.5 Å². The molecule has 148 valence electrons. The van der Waals surface area contributed by atoms with E-state index in [2.05, 4.69) is 20.4 Å². The lowest BCUT2D eigenvalue weighted by Crippen LogP contribution is -2.36. The lowest BCUT2D eigenvalue weighted by atomic mass is 10.2. The molecule has 0 aliphatic carbocycles. The highest BCUT2D eigenvalue weighted by Gasteiger charge is 2.11. The highest BCUT2D eigenvalue weighted by molar-refractivity contribution is 14.0. The van der Waals surface area contributed by atoms with Crippen LogP contribution < -0.4 is 20.1 Å². The highest BCUT2D eigenvalue weighted by Crippen LogP contribution is 2.29. The number of guanidine groups is 1. The fourth-order valence-corrected chi connectivity index (χ4v) is 2.25. The van der Waals surface area contributed by atoms with E-state index in [1.807, 2.05) is 0 Å². The van der Waals surface area contributed by atoms with E-state index in [4.69, 9.17) is 4.74 Å². The molecule has 0 bridgehead atoms. The molecule has 5 nitrogen and oxygen atoms in total. The van der Waals surface area contributed by atoms with Gasteiger partial charge in [-0.1, -0.05) is 24.3 Å². The Kier molecular flexibility index (Phi) is 9.76. The number of hydrogen-bond donors (Lipinski definition) is 2. The standard InChI is InChI=1S/C18H20F3N3O2.HI/c1-22-18(24-11-13-5-3-4-6-14(13)19)23-10-12-7-8-15(25-2)16(9-12)26-17(20)21;/h3-9,17H,10-11H2,1-2H3,(H2,22,23,24);1H. The van der Waals surface area contributed by atoms with E-state index in [9.17, 15) is 13.2 Å². The fourth-order valence-electron chi connectivity index (χ4n) is 2.25. The first-order chi connectivity index (χ1) is 12.5. The summed E-state index contributed by atoms with van der Waals surface area (Å²) in [5.41, 5.74) is 1.20. The third-order valence-corrected chi connectivity index (χ3v) is 3.53. The summed E-state index contributed by atoms with van der Waals surface area (Å²) in [5.74, 6) is 0.312. The third-order valence-electron chi connectivity index (χ3n) is 3.53. The van der Waals surface area contributed by atoms with Crippen LogP contribution in [0.1, 0.15) is 11.1 Å². The number of rotatable bonds is 7. The van der Waals surface area contributed by atoms with Gasteiger partial charge < -0.3 is 20.1 Å². The summed E-state index contributed by atoms with van der Waals surface area (Å²) in [6.45, 7) is -2.38. The molecule has 0 heterocycles. The molecule has 0 aliphatic heterocycles. The molecule has 0 aromatic heterocycles. The quantitative estimate of drug-likeness (QED) is 0.348. The van der Waals surface area contributed by atoms with Gasteiger partial charge in [0.05, 0.1) is 7.11 Å². The summed E-state index contributed by atoms with van der Waals surface area (Å²) in [6.07, 6.45) is 0. The summed E-state index contributed by atoms with van der Waals surface area (Å²) in [7, 11) is 2.95. The van der Waals surface area contributed by atoms with Crippen LogP contribution in [-0.4, -0.2) is 26.7 Å². The molecule has 0 atom stereocenters. The highest BCUT2D eigenvalue weighted by atomic mass is 127. The number of nitrogens with zero attached hydrogens (tertiary/aromatic N) is 1. The predicted molar refractivity (Wildman–Crippen MR) is 108 cm³/mol. The van der Waals surface area contributed by atoms with Crippen molar-refractivity contribution in [1.29, 1.82) is 0 Å². The van der Waals surface area contributed by atoms with Gasteiger partial charge in [0.15, 0.2) is 17.5 Å². The number of halogens is 4. The second kappa shape index (κ2) is 11.5. The Morgan fingerprint density at radius 3 is 2.41 bits per heavy atom. The van der Waals surface area contributed by atoms with Gasteiger partial charge in [0.25, 0.3) is 0 Å². The first-order valence-corrected chi connectivity index (χ1v) is 7.83. The van der Waals surface area contributed by atoms with E-state index in [0.29, 0.717) is 23.6 Å². The third kappa shape index (κ3) is 7.16. The largest absolute Gasteiger partial charge is 0.493 e. The second-order valence-corrected chi connectivity index (χ2v) is 5.23. The Balaban J connectivity index is 0.00000364. The minimum Gasteiger partial charge on any atom is -0.493 e. The summed E-state index contributed by atoms with van der Waals surface area (Å²) < 4.78 is 48.0. The van der Waals surface area contributed by atoms with Crippen molar-refractivity contribution in [3.63, 3.8) is 0 Å². The van der Waals surface area contributed by atoms with Crippen molar-refractivity contribution in [3.8, 4) is 11.5 Å². The molecule has 0 saturated carbocycles. The van der Waals surface area contributed by atoms with Crippen LogP contribution in [0.2, 0.25) is 0 Å². The molecular formula is C18H21F3IN3O2. The smallest absolute Gasteiger partial charge is 0.387 e. The zero-order valence-corrected chi connectivity index (χ0v) is 17.2. The number of aliphatic imine (C=N–C) groups is 1. The van der Waals surface area contributed by atoms with Crippen molar-refractivity contribution in [1.82, 2.24) is 10.6 Å². The number of benzene rings is 2. The summed E-state index contributed by atoms with van der Waals surface area (Å²) in [5, 5.41) is 6.02. The molecule has 0 fully saturated rings. The molecule has 9 heteroatoms. The molecule has 0 saturated heterocycles. The van der Waals surface area contributed by atoms with Gasteiger partial charge in [0, 0.05) is 25.7 Å². The lowest BCUT2D eigenvalue weighted by molar-refractivity contribution is -0.0512. The van der Waals surface area contributed by atoms with Gasteiger partial charge in [-0.05, 0) is 23.8 Å². The molecule has 0 aliphatic rings. The summed E-state index contributed by atoms with van der Waals surface area (Å²) in [6, 6.07) is 11.1. The van der Waals surface area contributed by atoms with E-state index >= 15 is 0 Å². The van der Waals surface area contributed by atoms with Crippen molar-refractivity contribution >= 4 is 29.9 Å². The summed E-state index contributed by atoms with van der Waals surface area (Å²) in [4.78, 5) is 4.05. The van der Waals surface area contributed by atoms with Gasteiger partial charge in [-0.2, -0.15) is 8.78 Å². The van der Waals surface area contributed by atoms with Gasteiger partial charge in [0.1, 0.15) is 5.82 Å². The Morgan fingerprint density at radius 1 is 1.07 bits per heavy atom. The molecule has 2 aromatic carbocycles. The first-order valence-electron chi connectivity index (χ1n) is 7.83. The molecule has 2 rings (SSSR count). The van der Waals surface area contributed by atoms with Gasteiger partial charge in [-0.25, -0.2) is 4.39 Å². The topological polar surface area (TPSA) is 54.9 Å². The number of methoxy groups -OCH3 is 1. The molecule has 2 aromatic rings. The Hall–Kier alpha value is -2.17. The van der Waals surface area contributed by atoms with Crippen LogP contribution in [0.4, 0.5) is 13.2 Å². The zero-order chi connectivity index (χ0) is 18.9. The van der Waals surface area contributed by atoms with Crippen LogP contribution in [-0.2, 0) is 13.1 Å². The minimum atomic E-state index is -2.94. The average molecular weight is 495 g/mol. The van der Waals surface area contributed by atoms with Crippen molar-refractivity contribution in [2.24, 2.45) is 4.99 Å². The predicted octanol–water partition coefficient (Wildman–Crippen LogP) is 3.92. The van der Waals surface area contributed by atoms with E-state index in [1.54, 1.807) is 37.4 Å². The Bertz CT molecular complexity index is 760. The molecule has 27 heavy (non-hydrogen) atoms. The summed E-state index contributed by atoms with van der Waals surface area (Å²) >= 11 is 0. The van der Waals surface area contributed by atoms with E-state index in [0.717, 1.165) is 0 Å². The normalized spacial score (nSPS) is 11.0. The van der Waals surface area contributed by atoms with Gasteiger partial charge in [-0.15, -0.1) is 24.0 Å². The molecule has 0 amide bonds. The van der Waals surface area contributed by atoms with Crippen LogP contribution in [0.25, 0.3) is 0 Å². The maximum atomic E-state index is 13.6. The number of ether oxygens (including phenoxy) is 2. The van der Waals surface area contributed by atoms with Gasteiger partial charge >= 0.3 is 6.61 Å². The average Bonchev–Trinajstić information content (AvgIpc) is 2.63. The minimum absolute atomic E-state index is 0. The maximum absolute atomic E-state index is 13.6. The maximum Gasteiger partial charge on any atom is 0.387 e. The number of alkyl halides is 2. The van der Waals surface area contributed by atoms with Crippen LogP contribution in [0.5, 0.6) is 11.5 Å². The van der Waals surface area contributed by atoms with Crippen LogP contribution in [0.3, 0.4) is 0 Å². The Labute approximate surface area is 173 Å². The SMILES string of the molecule is CN=C(NCc1ccc(OC)c(OC(F)F)c1)NCc1ccccc1F.I. The molecule has 2 N–H and O–H groups in total. The van der Waals surface area contributed by atoms with E-state index < -0.39 is 6.61 Å². The zero-order valence-electron chi connectivity index (χ0n) is 14.8. The fraction of sp³-hybridized carbons (Fsp3) is 0.278. The molecule has 0 spiro atoms. The van der Waals surface area contributed by atoms with Gasteiger partial charge in [0.2, 0.25) is 0 Å². The van der Waals surface area contributed by atoms with Crippen molar-refractivity contribution in [3.05, 3.63) is 59.4 Å². The monoisotopic (exact) mass is 495 g/mol. The lowest BCUT2D eigenvalue weighted by Gasteiger charge is -2.14. The van der Waals surface area contributed by atoms with Crippen molar-refractivity contribution in [2.45, 2.75) is 19.7 Å².